The van der Waals surface area contributed by atoms with E-state index in [1.807, 2.05) is 0 Å². The Morgan fingerprint density at radius 3 is 1.50 bits per heavy atom. The third-order valence-corrected chi connectivity index (χ3v) is 0.579. The second-order valence-electron chi connectivity index (χ2n) is 0.220. The molecular formula is C2BaN2Pt. The predicted octanol–water partition coefficient (Wildman–Crippen LogP) is -0.350. The fraction of sp³-hybridized carbons (Fsp3) is 0. The third kappa shape index (κ3) is 8.97. The fourth-order valence-corrected chi connectivity index (χ4v) is 0.129. The van der Waals surface area contributed by atoms with E-state index in [0.29, 0.717) is 0 Å². The van der Waals surface area contributed by atoms with Gasteiger partial charge in [-0.05, 0) is 0 Å². The van der Waals surface area contributed by atoms with Gasteiger partial charge in [0.2, 0.25) is 0 Å². The smallest absolute Gasteiger partial charge is 0 e. The molecule has 0 bridgehead atoms. The molecular weight excluding hydrogens is 384 g/mol. The molecule has 0 spiro atoms. The Balaban J connectivity index is 0. The summed E-state index contributed by atoms with van der Waals surface area (Å²) >= 11 is -0.765. The molecule has 0 rings (SSSR count). The molecule has 30 valence electrons. The van der Waals surface area contributed by atoms with Gasteiger partial charge in [0.1, 0.15) is 0 Å². The van der Waals surface area contributed by atoms with E-state index in [0.717, 1.165) is 0 Å². The van der Waals surface area contributed by atoms with Crippen LogP contribution < -0.4 is 0 Å². The van der Waals surface area contributed by atoms with E-state index in [4.69, 9.17) is 10.5 Å². The van der Waals surface area contributed by atoms with Gasteiger partial charge in [-0.1, -0.05) is 0 Å². The molecule has 2 radical (unpaired) electrons. The molecule has 0 heterocycles. The molecule has 0 N–H and O–H groups in total. The standard InChI is InChI=1S/2CN.Ba.Pt/c2*1-2;;. The molecule has 0 aromatic carbocycles. The first-order valence-corrected chi connectivity index (χ1v) is 3.04. The van der Waals surface area contributed by atoms with Crippen molar-refractivity contribution < 1.29 is 18.6 Å². The Kier molecular flexibility index (Phi) is 16.3. The molecule has 0 aliphatic carbocycles. The Bertz CT molecular complexity index is 76.7. The van der Waals surface area contributed by atoms with Gasteiger partial charge >= 0.3 is 38.0 Å². The first-order chi connectivity index (χ1) is 2.41. The fourth-order valence-electron chi connectivity index (χ4n) is 0.0158. The largest absolute Gasteiger partial charge is 0 e. The summed E-state index contributed by atoms with van der Waals surface area (Å²) in [4.78, 5) is 0. The maximum absolute atomic E-state index is 7.64. The van der Waals surface area contributed by atoms with E-state index in [1.165, 1.54) is 0 Å². The molecule has 4 heteroatoms. The first kappa shape index (κ1) is 10.3. The van der Waals surface area contributed by atoms with Crippen molar-refractivity contribution in [1.82, 2.24) is 0 Å². The summed E-state index contributed by atoms with van der Waals surface area (Å²) in [6, 6.07) is 0. The molecule has 0 fully saturated rings. The van der Waals surface area contributed by atoms with Gasteiger partial charge in [-0.15, -0.1) is 0 Å². The van der Waals surface area contributed by atoms with E-state index >= 15 is 0 Å². The zero-order chi connectivity index (χ0) is 4.12. The minimum Gasteiger partial charge on any atom is 0 e. The van der Waals surface area contributed by atoms with Crippen LogP contribution in [-0.2, 0) is 18.6 Å². The normalized spacial score (nSPS) is 4.33. The predicted molar refractivity (Wildman–Crippen MR) is 17.0 cm³/mol. The van der Waals surface area contributed by atoms with Crippen molar-refractivity contribution in [2.24, 2.45) is 0 Å². The van der Waals surface area contributed by atoms with Gasteiger partial charge in [0.25, 0.3) is 0 Å². The molecule has 2 nitrogen and oxygen atoms in total. The van der Waals surface area contributed by atoms with E-state index in [-0.39, 0.29) is 48.9 Å². The molecule has 0 saturated carbocycles. The second-order valence-corrected chi connectivity index (χ2v) is 1.80. The molecule has 0 atom stereocenters. The Morgan fingerprint density at radius 1 is 1.17 bits per heavy atom. The summed E-state index contributed by atoms with van der Waals surface area (Å²) < 4.78 is 3.53. The average molecular weight is 384 g/mol. The van der Waals surface area contributed by atoms with Crippen molar-refractivity contribution in [2.45, 2.75) is 0 Å². The molecule has 0 unspecified atom stereocenters. The number of hydrogen-bond acceptors (Lipinski definition) is 2. The molecule has 0 aliphatic rings. The van der Waals surface area contributed by atoms with Gasteiger partial charge in [0.15, 0.2) is 0 Å². The number of hydrogen-bond donors (Lipinski definition) is 0. The van der Waals surface area contributed by atoms with E-state index in [2.05, 4.69) is 0 Å². The monoisotopic (exact) mass is 385 g/mol. The van der Waals surface area contributed by atoms with Gasteiger partial charge in [-0.25, -0.2) is 0 Å². The molecule has 6 heavy (non-hydrogen) atoms. The van der Waals surface area contributed by atoms with Crippen molar-refractivity contribution in [3.8, 4) is 8.92 Å². The Morgan fingerprint density at radius 2 is 1.50 bits per heavy atom. The summed E-state index contributed by atoms with van der Waals surface area (Å²) in [5.41, 5.74) is 0. The summed E-state index contributed by atoms with van der Waals surface area (Å²) in [6.07, 6.45) is 0. The minimum absolute atomic E-state index is 0. The molecule has 0 aromatic rings. The van der Waals surface area contributed by atoms with Crippen molar-refractivity contribution >= 4 is 48.9 Å². The first-order valence-electron chi connectivity index (χ1n) is 0.763. The Hall–Kier alpha value is 1.24. The van der Waals surface area contributed by atoms with E-state index in [1.54, 1.807) is 8.92 Å². The molecule has 0 aromatic heterocycles. The zero-order valence-corrected chi connectivity index (χ0v) is 9.63. The van der Waals surface area contributed by atoms with Gasteiger partial charge in [0.05, 0.1) is 0 Å². The zero-order valence-electron chi connectivity index (χ0n) is 2.92. The Labute approximate surface area is 85.1 Å². The van der Waals surface area contributed by atoms with Crippen molar-refractivity contribution in [3.63, 3.8) is 0 Å². The van der Waals surface area contributed by atoms with Crippen LogP contribution in [0.5, 0.6) is 0 Å². The van der Waals surface area contributed by atoms with Gasteiger partial charge in [-0.2, -0.15) is 0 Å². The summed E-state index contributed by atoms with van der Waals surface area (Å²) in [5, 5.41) is 15.3. The van der Waals surface area contributed by atoms with Crippen LogP contribution in [0.2, 0.25) is 0 Å². The number of rotatable bonds is 0. The third-order valence-electron chi connectivity index (χ3n) is 0.0707. The quantitative estimate of drug-likeness (QED) is 0.536. The van der Waals surface area contributed by atoms with Crippen LogP contribution in [0.25, 0.3) is 0 Å². The molecule has 0 aliphatic heterocycles. The SMILES string of the molecule is N#[C][Pt][C]#N.[Ba]. The second kappa shape index (κ2) is 9.53. The van der Waals surface area contributed by atoms with Crippen LogP contribution in [0.3, 0.4) is 0 Å². The topological polar surface area (TPSA) is 47.6 Å². The van der Waals surface area contributed by atoms with Gasteiger partial charge in [0, 0.05) is 48.9 Å². The van der Waals surface area contributed by atoms with Crippen LogP contribution in [0.1, 0.15) is 0 Å². The van der Waals surface area contributed by atoms with Gasteiger partial charge in [-0.3, -0.25) is 0 Å². The average Bonchev–Trinajstić information content (AvgIpc) is 1.41. The van der Waals surface area contributed by atoms with Crippen LogP contribution in [-0.4, -0.2) is 48.9 Å². The van der Waals surface area contributed by atoms with Crippen molar-refractivity contribution in [2.75, 3.05) is 0 Å². The van der Waals surface area contributed by atoms with E-state index in [9.17, 15) is 0 Å². The number of nitriles is 2. The maximum atomic E-state index is 7.64. The molecule has 0 saturated heterocycles. The van der Waals surface area contributed by atoms with Crippen LogP contribution in [0.4, 0.5) is 0 Å². The van der Waals surface area contributed by atoms with Crippen LogP contribution >= 0.6 is 0 Å². The maximum Gasteiger partial charge on any atom is 0 e. The minimum atomic E-state index is -0.765. The van der Waals surface area contributed by atoms with Crippen molar-refractivity contribution in [1.29, 1.82) is 10.5 Å². The van der Waals surface area contributed by atoms with E-state index < -0.39 is 18.6 Å². The van der Waals surface area contributed by atoms with Crippen LogP contribution in [0, 0.1) is 19.4 Å². The number of nitrogens with zero attached hydrogens (tertiary/aromatic N) is 2. The van der Waals surface area contributed by atoms with Gasteiger partial charge < -0.3 is 0 Å². The van der Waals surface area contributed by atoms with Crippen molar-refractivity contribution in [3.05, 3.63) is 0 Å². The van der Waals surface area contributed by atoms with Crippen LogP contribution in [0.15, 0.2) is 0 Å². The molecule has 0 amide bonds. The summed E-state index contributed by atoms with van der Waals surface area (Å²) in [6.45, 7) is 0. The summed E-state index contributed by atoms with van der Waals surface area (Å²) in [5.74, 6) is 0. The summed E-state index contributed by atoms with van der Waals surface area (Å²) in [7, 11) is 0.